The lowest BCUT2D eigenvalue weighted by Gasteiger charge is -2.26. The fourth-order valence-corrected chi connectivity index (χ4v) is 3.51. The standard InChI is InChI=1S/C25H35N3O3S/c1-25(2,3)28-24(30)22(27-23(29)21(26)14-15-32-4)16-18-10-12-20(13-11-18)31-17-19-8-6-5-7-9-19/h5-13,21-22H,14-17,26H2,1-4H3,(H,27,29)(H,28,30). The number of nitrogens with one attached hydrogen (secondary N) is 2. The molecule has 174 valence electrons. The number of hydrogen-bond donors (Lipinski definition) is 3. The molecule has 0 aromatic heterocycles. The van der Waals surface area contributed by atoms with Gasteiger partial charge in [-0.05, 0) is 62.5 Å². The molecule has 0 saturated carbocycles. The Kier molecular flexibility index (Phi) is 10.1. The second kappa shape index (κ2) is 12.5. The predicted octanol–water partition coefficient (Wildman–Crippen LogP) is 3.29. The van der Waals surface area contributed by atoms with Crippen LogP contribution in [0, 0.1) is 0 Å². The molecule has 0 aliphatic heterocycles. The first-order chi connectivity index (χ1) is 15.2. The Morgan fingerprint density at radius 1 is 1.00 bits per heavy atom. The van der Waals surface area contributed by atoms with Gasteiger partial charge < -0.3 is 21.1 Å². The summed E-state index contributed by atoms with van der Waals surface area (Å²) in [4.78, 5) is 25.4. The number of hydrogen-bond acceptors (Lipinski definition) is 5. The zero-order valence-electron chi connectivity index (χ0n) is 19.4. The van der Waals surface area contributed by atoms with Gasteiger partial charge in [0.15, 0.2) is 0 Å². The summed E-state index contributed by atoms with van der Waals surface area (Å²) in [6.07, 6.45) is 2.90. The summed E-state index contributed by atoms with van der Waals surface area (Å²) in [5, 5.41) is 5.79. The van der Waals surface area contributed by atoms with Crippen molar-refractivity contribution in [3.63, 3.8) is 0 Å². The van der Waals surface area contributed by atoms with Crippen LogP contribution in [-0.4, -0.2) is 41.4 Å². The second-order valence-corrected chi connectivity index (χ2v) is 9.80. The Labute approximate surface area is 195 Å². The van der Waals surface area contributed by atoms with Gasteiger partial charge in [-0.15, -0.1) is 0 Å². The highest BCUT2D eigenvalue weighted by Crippen LogP contribution is 2.16. The van der Waals surface area contributed by atoms with Crippen LogP contribution in [0.3, 0.4) is 0 Å². The van der Waals surface area contributed by atoms with E-state index >= 15 is 0 Å². The number of nitrogens with two attached hydrogens (primary N) is 1. The predicted molar refractivity (Wildman–Crippen MR) is 132 cm³/mol. The van der Waals surface area contributed by atoms with Gasteiger partial charge in [-0.3, -0.25) is 9.59 Å². The maximum absolute atomic E-state index is 12.9. The van der Waals surface area contributed by atoms with Crippen LogP contribution < -0.4 is 21.1 Å². The van der Waals surface area contributed by atoms with Gasteiger partial charge in [0.2, 0.25) is 11.8 Å². The van der Waals surface area contributed by atoms with Crippen LogP contribution in [0.5, 0.6) is 5.75 Å². The van der Waals surface area contributed by atoms with Crippen LogP contribution >= 0.6 is 11.8 Å². The molecule has 0 bridgehead atoms. The minimum atomic E-state index is -0.710. The zero-order valence-corrected chi connectivity index (χ0v) is 20.2. The van der Waals surface area contributed by atoms with Crippen molar-refractivity contribution in [2.75, 3.05) is 12.0 Å². The van der Waals surface area contributed by atoms with E-state index in [1.807, 2.05) is 81.6 Å². The molecule has 0 heterocycles. The lowest BCUT2D eigenvalue weighted by atomic mass is 10.0. The van der Waals surface area contributed by atoms with E-state index in [2.05, 4.69) is 10.6 Å². The molecule has 0 fully saturated rings. The molecule has 2 aromatic carbocycles. The average molecular weight is 458 g/mol. The van der Waals surface area contributed by atoms with E-state index in [1.54, 1.807) is 11.8 Å². The molecular formula is C25H35N3O3S. The van der Waals surface area contributed by atoms with Crippen LogP contribution in [-0.2, 0) is 22.6 Å². The lowest BCUT2D eigenvalue weighted by Crippen LogP contribution is -2.55. The van der Waals surface area contributed by atoms with Gasteiger partial charge in [0.05, 0.1) is 6.04 Å². The Morgan fingerprint density at radius 3 is 2.25 bits per heavy atom. The minimum absolute atomic E-state index is 0.229. The number of amides is 2. The molecule has 7 heteroatoms. The first-order valence-corrected chi connectivity index (χ1v) is 12.2. The molecule has 2 amide bonds. The number of carbonyl (C=O) groups excluding carboxylic acids is 2. The molecule has 0 spiro atoms. The molecular weight excluding hydrogens is 422 g/mol. The molecule has 0 radical (unpaired) electrons. The average Bonchev–Trinajstić information content (AvgIpc) is 2.76. The van der Waals surface area contributed by atoms with Gasteiger partial charge in [-0.2, -0.15) is 11.8 Å². The molecule has 0 saturated heterocycles. The van der Waals surface area contributed by atoms with Crippen molar-refractivity contribution in [3.05, 3.63) is 65.7 Å². The van der Waals surface area contributed by atoms with E-state index in [1.165, 1.54) is 0 Å². The summed E-state index contributed by atoms with van der Waals surface area (Å²) in [5.41, 5.74) is 7.61. The highest BCUT2D eigenvalue weighted by atomic mass is 32.2. The lowest BCUT2D eigenvalue weighted by molar-refractivity contribution is -0.130. The van der Waals surface area contributed by atoms with Crippen molar-refractivity contribution in [3.8, 4) is 5.75 Å². The summed E-state index contributed by atoms with van der Waals surface area (Å²) in [5.74, 6) is 0.998. The fourth-order valence-electron chi connectivity index (χ4n) is 3.02. The van der Waals surface area contributed by atoms with E-state index in [4.69, 9.17) is 10.5 Å². The molecule has 0 aliphatic carbocycles. The van der Waals surface area contributed by atoms with Crippen molar-refractivity contribution in [1.29, 1.82) is 0 Å². The summed E-state index contributed by atoms with van der Waals surface area (Å²) in [6.45, 7) is 6.22. The van der Waals surface area contributed by atoms with Crippen molar-refractivity contribution in [1.82, 2.24) is 10.6 Å². The molecule has 2 rings (SSSR count). The van der Waals surface area contributed by atoms with E-state index in [0.717, 1.165) is 22.6 Å². The monoisotopic (exact) mass is 457 g/mol. The number of benzene rings is 2. The molecule has 2 unspecified atom stereocenters. The Balaban J connectivity index is 2.03. The first kappa shape index (κ1) is 25.7. The van der Waals surface area contributed by atoms with Gasteiger partial charge in [0.1, 0.15) is 18.4 Å². The summed E-state index contributed by atoms with van der Waals surface area (Å²) in [7, 11) is 0. The largest absolute Gasteiger partial charge is 0.489 e. The summed E-state index contributed by atoms with van der Waals surface area (Å²) in [6, 6.07) is 16.2. The first-order valence-electron chi connectivity index (χ1n) is 10.8. The fraction of sp³-hybridized carbons (Fsp3) is 0.440. The van der Waals surface area contributed by atoms with Crippen molar-refractivity contribution < 1.29 is 14.3 Å². The normalized spacial score (nSPS) is 13.2. The molecule has 2 aromatic rings. The molecule has 6 nitrogen and oxygen atoms in total. The third-order valence-corrected chi connectivity index (χ3v) is 5.36. The highest BCUT2D eigenvalue weighted by molar-refractivity contribution is 7.98. The number of ether oxygens (including phenoxy) is 1. The van der Waals surface area contributed by atoms with E-state index in [-0.39, 0.29) is 11.8 Å². The van der Waals surface area contributed by atoms with Crippen molar-refractivity contribution >= 4 is 23.6 Å². The van der Waals surface area contributed by atoms with E-state index in [0.29, 0.717) is 19.4 Å². The molecule has 0 aliphatic rings. The van der Waals surface area contributed by atoms with Gasteiger partial charge in [-0.25, -0.2) is 0 Å². The Bertz CT molecular complexity index is 851. The van der Waals surface area contributed by atoms with Crippen LogP contribution in [0.4, 0.5) is 0 Å². The van der Waals surface area contributed by atoms with Crippen molar-refractivity contribution in [2.45, 2.75) is 57.8 Å². The van der Waals surface area contributed by atoms with Gasteiger partial charge >= 0.3 is 0 Å². The number of carbonyl (C=O) groups is 2. The number of rotatable bonds is 11. The zero-order chi connectivity index (χ0) is 23.6. The number of thioether (sulfide) groups is 1. The second-order valence-electron chi connectivity index (χ2n) is 8.81. The van der Waals surface area contributed by atoms with Crippen LogP contribution in [0.15, 0.2) is 54.6 Å². The van der Waals surface area contributed by atoms with E-state index < -0.39 is 17.6 Å². The van der Waals surface area contributed by atoms with Gasteiger partial charge in [-0.1, -0.05) is 42.5 Å². The van der Waals surface area contributed by atoms with Crippen LogP contribution in [0.2, 0.25) is 0 Å². The molecule has 32 heavy (non-hydrogen) atoms. The van der Waals surface area contributed by atoms with Crippen LogP contribution in [0.25, 0.3) is 0 Å². The SMILES string of the molecule is CSCCC(N)C(=O)NC(Cc1ccc(OCc2ccccc2)cc1)C(=O)NC(C)(C)C. The third kappa shape index (κ3) is 9.32. The van der Waals surface area contributed by atoms with E-state index in [9.17, 15) is 9.59 Å². The van der Waals surface area contributed by atoms with Crippen LogP contribution in [0.1, 0.15) is 38.3 Å². The summed E-state index contributed by atoms with van der Waals surface area (Å²) < 4.78 is 5.83. The smallest absolute Gasteiger partial charge is 0.243 e. The maximum atomic E-state index is 12.9. The van der Waals surface area contributed by atoms with Crippen molar-refractivity contribution in [2.24, 2.45) is 5.73 Å². The highest BCUT2D eigenvalue weighted by Gasteiger charge is 2.26. The quantitative estimate of drug-likeness (QED) is 0.481. The topological polar surface area (TPSA) is 93.5 Å². The molecule has 4 N–H and O–H groups in total. The Morgan fingerprint density at radius 2 is 1.66 bits per heavy atom. The van der Waals surface area contributed by atoms with Gasteiger partial charge in [0, 0.05) is 12.0 Å². The molecule has 2 atom stereocenters. The summed E-state index contributed by atoms with van der Waals surface area (Å²) >= 11 is 1.64. The van der Waals surface area contributed by atoms with Gasteiger partial charge in [0.25, 0.3) is 0 Å². The third-order valence-electron chi connectivity index (χ3n) is 4.71. The Hall–Kier alpha value is -2.51. The maximum Gasteiger partial charge on any atom is 0.243 e. The minimum Gasteiger partial charge on any atom is -0.489 e.